The lowest BCUT2D eigenvalue weighted by Gasteiger charge is -2.04. The fraction of sp³-hybridized carbons (Fsp3) is 0.333. The van der Waals surface area contributed by atoms with Gasteiger partial charge in [-0.05, 0) is 38.0 Å². The third-order valence-electron chi connectivity index (χ3n) is 4.12. The molecule has 0 radical (unpaired) electrons. The van der Waals surface area contributed by atoms with E-state index in [1.54, 1.807) is 4.68 Å². The van der Waals surface area contributed by atoms with Gasteiger partial charge in [0, 0.05) is 12.7 Å². The maximum Gasteiger partial charge on any atom is 0.234 e. The zero-order chi connectivity index (χ0) is 19.4. The summed E-state index contributed by atoms with van der Waals surface area (Å²) in [5, 5.41) is 19.5. The zero-order valence-electron chi connectivity index (χ0n) is 15.7. The molecule has 142 valence electrons. The summed E-state index contributed by atoms with van der Waals surface area (Å²) in [6.07, 6.45) is 1.01. The molecular weight excluding hydrogens is 380 g/mol. The van der Waals surface area contributed by atoms with Crippen LogP contribution >= 0.6 is 23.1 Å². The molecule has 0 aliphatic carbocycles. The number of hydrogen-bond donors (Lipinski definition) is 2. The van der Waals surface area contributed by atoms with Gasteiger partial charge in [-0.3, -0.25) is 9.48 Å². The highest BCUT2D eigenvalue weighted by molar-refractivity contribution is 8.01. The molecule has 0 saturated heterocycles. The van der Waals surface area contributed by atoms with Gasteiger partial charge in [0.25, 0.3) is 0 Å². The summed E-state index contributed by atoms with van der Waals surface area (Å²) in [5.41, 5.74) is 4.78. The number of thioether (sulfide) groups is 1. The van der Waals surface area contributed by atoms with Crippen LogP contribution in [0.3, 0.4) is 0 Å². The molecule has 0 atom stereocenters. The predicted octanol–water partition coefficient (Wildman–Crippen LogP) is 3.93. The van der Waals surface area contributed by atoms with E-state index in [1.165, 1.54) is 28.7 Å². The Morgan fingerprint density at radius 1 is 1.22 bits per heavy atom. The van der Waals surface area contributed by atoms with Gasteiger partial charge in [-0.25, -0.2) is 0 Å². The molecule has 27 heavy (non-hydrogen) atoms. The normalized spacial score (nSPS) is 10.8. The van der Waals surface area contributed by atoms with Crippen LogP contribution < -0.4 is 10.6 Å². The number of aromatic nitrogens is 4. The fourth-order valence-corrected chi connectivity index (χ4v) is 4.10. The molecule has 0 fully saturated rings. The van der Waals surface area contributed by atoms with Crippen molar-refractivity contribution in [1.82, 2.24) is 20.0 Å². The van der Waals surface area contributed by atoms with Gasteiger partial charge in [-0.15, -0.1) is 10.2 Å². The van der Waals surface area contributed by atoms with E-state index >= 15 is 0 Å². The van der Waals surface area contributed by atoms with Crippen molar-refractivity contribution in [1.29, 1.82) is 0 Å². The monoisotopic (exact) mass is 402 g/mol. The molecule has 2 aromatic heterocycles. The van der Waals surface area contributed by atoms with Crippen molar-refractivity contribution in [2.45, 2.75) is 31.5 Å². The van der Waals surface area contributed by atoms with Crippen molar-refractivity contribution in [2.75, 3.05) is 16.4 Å². The molecule has 0 aliphatic heterocycles. The molecule has 3 aromatic rings. The van der Waals surface area contributed by atoms with Crippen LogP contribution in [-0.2, 0) is 18.3 Å². The number of carbonyl (C=O) groups excluding carboxylic acids is 1. The van der Waals surface area contributed by atoms with E-state index in [0.29, 0.717) is 5.13 Å². The third-order valence-corrected chi connectivity index (χ3v) is 6.09. The number of aryl methyl sites for hydroxylation is 3. The summed E-state index contributed by atoms with van der Waals surface area (Å²) < 4.78 is 2.51. The van der Waals surface area contributed by atoms with Crippen molar-refractivity contribution in [3.8, 4) is 0 Å². The summed E-state index contributed by atoms with van der Waals surface area (Å²) in [5.74, 6) is 0.187. The summed E-state index contributed by atoms with van der Waals surface area (Å²) in [7, 11) is 1.86. The lowest BCUT2D eigenvalue weighted by atomic mass is 10.1. The van der Waals surface area contributed by atoms with E-state index in [2.05, 4.69) is 45.0 Å². The van der Waals surface area contributed by atoms with E-state index in [0.717, 1.165) is 33.5 Å². The molecule has 2 N–H and O–H groups in total. The standard InChI is InChI=1S/C18H22N6OS2/c1-5-13-6-8-14(9-7-13)19-17-21-22-18(27-17)26-10-15(25)20-16-11(2)23-24(4)12(16)3/h6-9H,5,10H2,1-4H3,(H,19,21)(H,20,25). The number of nitrogens with zero attached hydrogens (tertiary/aromatic N) is 4. The van der Waals surface area contributed by atoms with Crippen LogP contribution in [0.25, 0.3) is 0 Å². The molecule has 0 bridgehead atoms. The SMILES string of the molecule is CCc1ccc(Nc2nnc(SCC(=O)Nc3c(C)nn(C)c3C)s2)cc1. The summed E-state index contributed by atoms with van der Waals surface area (Å²) in [6, 6.07) is 8.23. The highest BCUT2D eigenvalue weighted by Crippen LogP contribution is 2.28. The van der Waals surface area contributed by atoms with Crippen LogP contribution in [0.2, 0.25) is 0 Å². The Labute approximate surface area is 166 Å². The minimum Gasteiger partial charge on any atom is -0.330 e. The number of benzene rings is 1. The van der Waals surface area contributed by atoms with E-state index in [9.17, 15) is 4.79 Å². The number of carbonyl (C=O) groups is 1. The summed E-state index contributed by atoms with van der Waals surface area (Å²) >= 11 is 2.80. The molecule has 0 spiro atoms. The largest absolute Gasteiger partial charge is 0.330 e. The molecular formula is C18H22N6OS2. The second-order valence-corrected chi connectivity index (χ2v) is 8.25. The van der Waals surface area contributed by atoms with Crippen molar-refractivity contribution < 1.29 is 4.79 Å². The first-order chi connectivity index (χ1) is 13.0. The Bertz CT molecular complexity index is 932. The second kappa shape index (κ2) is 8.53. The van der Waals surface area contributed by atoms with E-state index < -0.39 is 0 Å². The van der Waals surface area contributed by atoms with Gasteiger partial charge in [0.05, 0.1) is 22.8 Å². The number of amides is 1. The van der Waals surface area contributed by atoms with Gasteiger partial charge in [-0.2, -0.15) is 5.10 Å². The first kappa shape index (κ1) is 19.4. The molecule has 1 aromatic carbocycles. The third kappa shape index (κ3) is 4.86. The summed E-state index contributed by atoms with van der Waals surface area (Å²) in [6.45, 7) is 5.94. The molecule has 3 rings (SSSR count). The van der Waals surface area contributed by atoms with Crippen LogP contribution in [0.15, 0.2) is 28.6 Å². The topological polar surface area (TPSA) is 84.7 Å². The average molecular weight is 403 g/mol. The molecule has 9 heteroatoms. The van der Waals surface area contributed by atoms with Crippen molar-refractivity contribution >= 4 is 45.5 Å². The van der Waals surface area contributed by atoms with Crippen LogP contribution in [0.1, 0.15) is 23.9 Å². The Balaban J connectivity index is 1.53. The summed E-state index contributed by atoms with van der Waals surface area (Å²) in [4.78, 5) is 12.2. The second-order valence-electron chi connectivity index (χ2n) is 6.05. The van der Waals surface area contributed by atoms with Crippen molar-refractivity contribution in [3.05, 3.63) is 41.2 Å². The maximum atomic E-state index is 12.2. The highest BCUT2D eigenvalue weighted by atomic mass is 32.2. The van der Waals surface area contributed by atoms with Crippen LogP contribution in [0, 0.1) is 13.8 Å². The van der Waals surface area contributed by atoms with Crippen LogP contribution in [0.5, 0.6) is 0 Å². The van der Waals surface area contributed by atoms with E-state index in [-0.39, 0.29) is 11.7 Å². The maximum absolute atomic E-state index is 12.2. The lowest BCUT2D eigenvalue weighted by Crippen LogP contribution is -2.15. The zero-order valence-corrected chi connectivity index (χ0v) is 17.4. The molecule has 7 nitrogen and oxygen atoms in total. The Hall–Kier alpha value is -2.39. The van der Waals surface area contributed by atoms with Crippen LogP contribution in [0.4, 0.5) is 16.5 Å². The minimum atomic E-state index is -0.0842. The average Bonchev–Trinajstić information content (AvgIpc) is 3.20. The number of anilines is 3. The highest BCUT2D eigenvalue weighted by Gasteiger charge is 2.14. The van der Waals surface area contributed by atoms with Gasteiger partial charge in [0.1, 0.15) is 0 Å². The van der Waals surface area contributed by atoms with Gasteiger partial charge < -0.3 is 10.6 Å². The molecule has 0 unspecified atom stereocenters. The van der Waals surface area contributed by atoms with Crippen molar-refractivity contribution in [3.63, 3.8) is 0 Å². The first-order valence-electron chi connectivity index (χ1n) is 8.58. The Morgan fingerprint density at radius 2 is 1.96 bits per heavy atom. The van der Waals surface area contributed by atoms with Gasteiger partial charge in [0.15, 0.2) is 4.34 Å². The number of hydrogen-bond acceptors (Lipinski definition) is 7. The molecule has 1 amide bonds. The molecule has 0 aliphatic rings. The number of nitrogens with one attached hydrogen (secondary N) is 2. The number of rotatable bonds is 7. The first-order valence-corrected chi connectivity index (χ1v) is 10.4. The smallest absolute Gasteiger partial charge is 0.234 e. The van der Waals surface area contributed by atoms with Gasteiger partial charge >= 0.3 is 0 Å². The Morgan fingerprint density at radius 3 is 2.59 bits per heavy atom. The lowest BCUT2D eigenvalue weighted by molar-refractivity contribution is -0.113. The van der Waals surface area contributed by atoms with Crippen LogP contribution in [-0.4, -0.2) is 31.6 Å². The fourth-order valence-electron chi connectivity index (χ4n) is 2.52. The predicted molar refractivity (Wildman–Crippen MR) is 111 cm³/mol. The van der Waals surface area contributed by atoms with E-state index in [1.807, 2.05) is 33.0 Å². The Kier molecular flexibility index (Phi) is 6.12. The minimum absolute atomic E-state index is 0.0842. The van der Waals surface area contributed by atoms with Crippen molar-refractivity contribution in [2.24, 2.45) is 7.05 Å². The molecule has 2 heterocycles. The van der Waals surface area contributed by atoms with Gasteiger partial charge in [-0.1, -0.05) is 42.2 Å². The van der Waals surface area contributed by atoms with E-state index in [4.69, 9.17) is 0 Å². The van der Waals surface area contributed by atoms with Gasteiger partial charge in [0.2, 0.25) is 11.0 Å². The quantitative estimate of drug-likeness (QED) is 0.583. The molecule has 0 saturated carbocycles.